The van der Waals surface area contributed by atoms with Crippen LogP contribution < -0.4 is 11.3 Å². The van der Waals surface area contributed by atoms with Gasteiger partial charge in [0.05, 0.1) is 5.97 Å². The Morgan fingerprint density at radius 2 is 1.21 bits per heavy atom. The molecule has 174 valence electrons. The van der Waals surface area contributed by atoms with Crippen molar-refractivity contribution < 1.29 is 9.90 Å². The average Bonchev–Trinajstić information content (AvgIpc) is 2.66. The largest absolute Gasteiger partial charge is 0.545 e. The first kappa shape index (κ1) is 30.4. The predicted octanol–water partition coefficient (Wildman–Crippen LogP) is 8.13. The molecule has 3 nitrogen and oxygen atoms in total. The Bertz CT molecular complexity index is 386. The van der Waals surface area contributed by atoms with E-state index in [0.717, 1.165) is 25.7 Å². The number of unbranched alkanes of at least 4 members (excludes halogenated alkanes) is 8. The molecule has 4 N–H and O–H groups in total. The summed E-state index contributed by atoms with van der Waals surface area (Å²) in [6.07, 6.45) is 23.8. The van der Waals surface area contributed by atoms with Gasteiger partial charge in [0.2, 0.25) is 0 Å². The first-order valence-corrected chi connectivity index (χ1v) is 12.5. The lowest BCUT2D eigenvalue weighted by molar-refractivity contribution is -0.299. The smallest absolute Gasteiger partial charge is 0.0671 e. The van der Waals surface area contributed by atoms with Gasteiger partial charge in [0, 0.05) is 0 Å². The fraction of sp³-hybridized carbons (Fsp3) is 0.885. The minimum absolute atomic E-state index is 0. The minimum Gasteiger partial charge on any atom is -0.545 e. The number of hydrogen-bond acceptors (Lipinski definition) is 2. The first-order valence-electron chi connectivity index (χ1n) is 12.5. The number of rotatable bonds is 20. The van der Waals surface area contributed by atoms with E-state index in [-0.39, 0.29) is 6.15 Å². The predicted molar refractivity (Wildman–Crippen MR) is 127 cm³/mol. The van der Waals surface area contributed by atoms with Gasteiger partial charge < -0.3 is 16.1 Å². The Morgan fingerprint density at radius 3 is 1.72 bits per heavy atom. The van der Waals surface area contributed by atoms with Gasteiger partial charge >= 0.3 is 0 Å². The van der Waals surface area contributed by atoms with Gasteiger partial charge in [-0.25, -0.2) is 0 Å². The van der Waals surface area contributed by atoms with Crippen LogP contribution in [0.3, 0.4) is 0 Å². The fourth-order valence-corrected chi connectivity index (χ4v) is 4.82. The molecule has 0 rings (SSSR count). The third-order valence-corrected chi connectivity index (χ3v) is 6.20. The molecule has 0 saturated carbocycles. The van der Waals surface area contributed by atoms with Gasteiger partial charge in [-0.15, -0.1) is 0 Å². The highest BCUT2D eigenvalue weighted by Gasteiger charge is 2.26. The Kier molecular flexibility index (Phi) is 21.4. The molecule has 0 aromatic heterocycles. The van der Waals surface area contributed by atoms with Crippen molar-refractivity contribution in [1.82, 2.24) is 6.15 Å². The van der Waals surface area contributed by atoms with Gasteiger partial charge in [-0.2, -0.15) is 0 Å². The van der Waals surface area contributed by atoms with Crippen LogP contribution in [0.25, 0.3) is 0 Å². The van der Waals surface area contributed by atoms with Crippen LogP contribution in [0, 0.1) is 5.41 Å². The van der Waals surface area contributed by atoms with Crippen molar-refractivity contribution in [3.8, 4) is 0 Å². The van der Waals surface area contributed by atoms with E-state index in [1.54, 1.807) is 0 Å². The number of hydrogen-bond donors (Lipinski definition) is 1. The Hall–Kier alpha value is -0.830. The molecule has 0 saturated heterocycles. The zero-order chi connectivity index (χ0) is 21.1. The Balaban J connectivity index is 0. The van der Waals surface area contributed by atoms with Crippen LogP contribution in [0.4, 0.5) is 0 Å². The van der Waals surface area contributed by atoms with Crippen LogP contribution in [-0.4, -0.2) is 5.97 Å². The van der Waals surface area contributed by atoms with E-state index in [1.165, 1.54) is 83.5 Å². The van der Waals surface area contributed by atoms with Gasteiger partial charge in [0.25, 0.3) is 0 Å². The van der Waals surface area contributed by atoms with Crippen LogP contribution in [0.2, 0.25) is 0 Å². The number of quaternary nitrogens is 1. The van der Waals surface area contributed by atoms with Crippen LogP contribution in [0.15, 0.2) is 11.6 Å². The topological polar surface area (TPSA) is 76.6 Å². The monoisotopic (exact) mass is 411 g/mol. The first-order chi connectivity index (χ1) is 13.5. The highest BCUT2D eigenvalue weighted by Crippen LogP contribution is 2.40. The SMILES string of the molecule is CCCCCCC(=CCCCCCCCC(CCC)(CCC)CCC)C(=O)[O-].[NH4+]. The molecular formula is C26H53NO2. The number of aliphatic carboxylic acids is 1. The van der Waals surface area contributed by atoms with E-state index >= 15 is 0 Å². The van der Waals surface area contributed by atoms with E-state index in [1.807, 2.05) is 6.08 Å². The molecule has 0 unspecified atom stereocenters. The number of carboxylic acids is 1. The van der Waals surface area contributed by atoms with Gasteiger partial charge in [0.1, 0.15) is 0 Å². The molecule has 0 aliphatic rings. The summed E-state index contributed by atoms with van der Waals surface area (Å²) in [6.45, 7) is 9.17. The lowest BCUT2D eigenvalue weighted by Crippen LogP contribution is -2.24. The molecule has 0 spiro atoms. The molecule has 0 aliphatic heterocycles. The van der Waals surface area contributed by atoms with E-state index in [9.17, 15) is 9.90 Å². The van der Waals surface area contributed by atoms with E-state index in [4.69, 9.17) is 0 Å². The second-order valence-corrected chi connectivity index (χ2v) is 8.88. The number of carboxylic acid groups (broad SMARTS) is 1. The maximum absolute atomic E-state index is 11.2. The highest BCUT2D eigenvalue weighted by molar-refractivity contribution is 5.84. The molecule has 0 aliphatic carbocycles. The number of carbonyl (C=O) groups is 1. The summed E-state index contributed by atoms with van der Waals surface area (Å²) >= 11 is 0. The second-order valence-electron chi connectivity index (χ2n) is 8.88. The van der Waals surface area contributed by atoms with Crippen molar-refractivity contribution in [3.63, 3.8) is 0 Å². The standard InChI is InChI=1S/C26H50O2.H3N/c1-5-9-10-15-18-24(25(27)28)19-16-13-11-12-14-17-23-26(20-6-2,21-7-3)22-8-4;/h19H,5-18,20-23H2,1-4H3,(H,27,28);1H3. The molecule has 0 aromatic carbocycles. The minimum atomic E-state index is -0.962. The van der Waals surface area contributed by atoms with E-state index < -0.39 is 5.97 Å². The summed E-state index contributed by atoms with van der Waals surface area (Å²) in [7, 11) is 0. The third kappa shape index (κ3) is 15.6. The van der Waals surface area contributed by atoms with Crippen molar-refractivity contribution in [3.05, 3.63) is 11.6 Å². The Morgan fingerprint density at radius 1 is 0.690 bits per heavy atom. The maximum atomic E-state index is 11.2. The summed E-state index contributed by atoms with van der Waals surface area (Å²) in [5.41, 5.74) is 1.13. The van der Waals surface area contributed by atoms with Crippen molar-refractivity contribution in [2.45, 2.75) is 143 Å². The summed E-state index contributed by atoms with van der Waals surface area (Å²) in [6, 6.07) is 0. The summed E-state index contributed by atoms with van der Waals surface area (Å²) in [5.74, 6) is -0.962. The summed E-state index contributed by atoms with van der Waals surface area (Å²) in [4.78, 5) is 11.2. The van der Waals surface area contributed by atoms with Crippen molar-refractivity contribution >= 4 is 5.97 Å². The van der Waals surface area contributed by atoms with Crippen LogP contribution >= 0.6 is 0 Å². The Labute approximate surface area is 182 Å². The van der Waals surface area contributed by atoms with Gasteiger partial charge in [-0.3, -0.25) is 0 Å². The molecule has 0 fully saturated rings. The molecule has 3 heteroatoms. The van der Waals surface area contributed by atoms with Gasteiger partial charge in [-0.05, 0) is 62.4 Å². The van der Waals surface area contributed by atoms with Crippen molar-refractivity contribution in [2.24, 2.45) is 5.41 Å². The van der Waals surface area contributed by atoms with E-state index in [2.05, 4.69) is 27.7 Å². The zero-order valence-electron chi connectivity index (χ0n) is 20.6. The molecule has 0 bridgehead atoms. The summed E-state index contributed by atoms with van der Waals surface area (Å²) < 4.78 is 0. The maximum Gasteiger partial charge on any atom is 0.0671 e. The molecule has 0 aromatic rings. The zero-order valence-corrected chi connectivity index (χ0v) is 20.6. The van der Waals surface area contributed by atoms with E-state index in [0.29, 0.717) is 17.4 Å². The van der Waals surface area contributed by atoms with Crippen molar-refractivity contribution in [1.29, 1.82) is 0 Å². The molecule has 0 atom stereocenters. The molecule has 0 heterocycles. The molecular weight excluding hydrogens is 358 g/mol. The average molecular weight is 412 g/mol. The molecule has 0 amide bonds. The number of carbonyl (C=O) groups excluding carboxylic acids is 1. The van der Waals surface area contributed by atoms with Crippen LogP contribution in [0.1, 0.15) is 143 Å². The fourth-order valence-electron chi connectivity index (χ4n) is 4.82. The van der Waals surface area contributed by atoms with Crippen molar-refractivity contribution in [2.75, 3.05) is 0 Å². The van der Waals surface area contributed by atoms with Crippen LogP contribution in [0.5, 0.6) is 0 Å². The molecule has 0 radical (unpaired) electrons. The quantitative estimate of drug-likeness (QED) is 0.162. The van der Waals surface area contributed by atoms with Crippen LogP contribution in [-0.2, 0) is 4.79 Å². The molecule has 29 heavy (non-hydrogen) atoms. The van der Waals surface area contributed by atoms with Gasteiger partial charge in [-0.1, -0.05) is 98.0 Å². The van der Waals surface area contributed by atoms with Gasteiger partial charge in [0.15, 0.2) is 0 Å². The highest BCUT2D eigenvalue weighted by atomic mass is 16.4. The number of allylic oxidation sites excluding steroid dienone is 1. The third-order valence-electron chi connectivity index (χ3n) is 6.20. The normalized spacial score (nSPS) is 12.1. The lowest BCUT2D eigenvalue weighted by atomic mass is 9.72. The summed E-state index contributed by atoms with van der Waals surface area (Å²) in [5, 5.41) is 11.2. The second kappa shape index (κ2) is 20.4. The lowest BCUT2D eigenvalue weighted by Gasteiger charge is -2.34.